The van der Waals surface area contributed by atoms with Crippen LogP contribution in [0.2, 0.25) is 0 Å². The van der Waals surface area contributed by atoms with Crippen LogP contribution < -0.4 is 14.8 Å². The molecule has 1 atom stereocenters. The number of ketones is 1. The normalized spacial score (nSPS) is 15.5. The third kappa shape index (κ3) is 6.27. The summed E-state index contributed by atoms with van der Waals surface area (Å²) in [7, 11) is 1.45. The molecular weight excluding hydrogens is 350 g/mol. The number of benzene rings is 1. The van der Waals surface area contributed by atoms with Crippen molar-refractivity contribution in [2.24, 2.45) is 0 Å². The first-order valence-electron chi connectivity index (χ1n) is 9.22. The first kappa shape index (κ1) is 20.7. The van der Waals surface area contributed by atoms with Crippen LogP contribution in [0, 0.1) is 0 Å². The van der Waals surface area contributed by atoms with E-state index in [0.29, 0.717) is 17.1 Å². The van der Waals surface area contributed by atoms with Crippen LogP contribution in [-0.4, -0.2) is 43.5 Å². The van der Waals surface area contributed by atoms with Gasteiger partial charge in [-0.25, -0.2) is 4.79 Å². The molecule has 0 spiro atoms. The lowest BCUT2D eigenvalue weighted by Gasteiger charge is -2.24. The number of hydrogen-bond acceptors (Lipinski definition) is 6. The van der Waals surface area contributed by atoms with Crippen LogP contribution in [0.4, 0.5) is 0 Å². The summed E-state index contributed by atoms with van der Waals surface area (Å²) in [5.74, 6) is -0.382. The molecule has 0 aliphatic heterocycles. The molecule has 1 aliphatic rings. The highest BCUT2D eigenvalue weighted by Crippen LogP contribution is 2.28. The first-order valence-corrected chi connectivity index (χ1v) is 9.22. The molecule has 0 radical (unpaired) electrons. The minimum Gasteiger partial charge on any atom is -0.493 e. The van der Waals surface area contributed by atoms with E-state index in [1.54, 1.807) is 18.2 Å². The van der Waals surface area contributed by atoms with E-state index in [-0.39, 0.29) is 24.3 Å². The van der Waals surface area contributed by atoms with E-state index in [2.05, 4.69) is 5.32 Å². The monoisotopic (exact) mass is 377 g/mol. The minimum absolute atomic E-state index is 0.0999. The molecule has 0 unspecified atom stereocenters. The van der Waals surface area contributed by atoms with Gasteiger partial charge in [0.1, 0.15) is 0 Å². The Bertz CT molecular complexity index is 681. The van der Waals surface area contributed by atoms with Crippen molar-refractivity contribution in [2.45, 2.75) is 58.1 Å². The highest BCUT2D eigenvalue weighted by atomic mass is 16.6. The maximum Gasteiger partial charge on any atom is 0.344 e. The summed E-state index contributed by atoms with van der Waals surface area (Å²) < 4.78 is 15.7. The molecule has 1 aromatic carbocycles. The number of hydrogen-bond donors (Lipinski definition) is 1. The van der Waals surface area contributed by atoms with Crippen molar-refractivity contribution in [3.63, 3.8) is 0 Å². The summed E-state index contributed by atoms with van der Waals surface area (Å²) in [5, 5.41) is 2.92. The Balaban J connectivity index is 1.82. The highest BCUT2D eigenvalue weighted by Gasteiger charge is 2.22. The van der Waals surface area contributed by atoms with E-state index in [9.17, 15) is 14.4 Å². The van der Waals surface area contributed by atoms with Gasteiger partial charge < -0.3 is 19.5 Å². The maximum absolute atomic E-state index is 12.1. The fraction of sp³-hybridized carbons (Fsp3) is 0.550. The van der Waals surface area contributed by atoms with Crippen LogP contribution in [0.5, 0.6) is 11.5 Å². The van der Waals surface area contributed by atoms with Crippen molar-refractivity contribution in [1.82, 2.24) is 5.32 Å². The summed E-state index contributed by atoms with van der Waals surface area (Å²) in [6, 6.07) is 4.85. The molecule has 1 N–H and O–H groups in total. The molecule has 7 nitrogen and oxygen atoms in total. The number of rotatable bonds is 8. The third-order valence-corrected chi connectivity index (χ3v) is 4.54. The van der Waals surface area contributed by atoms with Gasteiger partial charge in [-0.2, -0.15) is 0 Å². The largest absolute Gasteiger partial charge is 0.493 e. The Hall–Kier alpha value is -2.57. The van der Waals surface area contributed by atoms with Crippen molar-refractivity contribution in [3.05, 3.63) is 23.8 Å². The Labute approximate surface area is 159 Å². The summed E-state index contributed by atoms with van der Waals surface area (Å²) >= 11 is 0. The molecule has 148 valence electrons. The number of carbonyl (C=O) groups is 3. The zero-order valence-electron chi connectivity index (χ0n) is 16.1. The highest BCUT2D eigenvalue weighted by molar-refractivity contribution is 5.94. The van der Waals surface area contributed by atoms with Gasteiger partial charge in [-0.1, -0.05) is 19.3 Å². The molecule has 1 saturated carbocycles. The average molecular weight is 377 g/mol. The van der Waals surface area contributed by atoms with Gasteiger partial charge in [-0.05, 0) is 44.9 Å². The van der Waals surface area contributed by atoms with Crippen molar-refractivity contribution >= 4 is 17.7 Å². The lowest BCUT2D eigenvalue weighted by Crippen LogP contribution is -2.43. The molecule has 1 amide bonds. The molecular formula is C20H27NO6. The molecule has 1 fully saturated rings. The van der Waals surface area contributed by atoms with Gasteiger partial charge >= 0.3 is 5.97 Å². The SMILES string of the molecule is COc1cc(C(C)=O)ccc1OCC(=O)O[C@H](C)C(=O)NC1CCCCC1. The van der Waals surface area contributed by atoms with Gasteiger partial charge in [-0.15, -0.1) is 0 Å². The second-order valence-electron chi connectivity index (χ2n) is 6.69. The molecule has 0 saturated heterocycles. The average Bonchev–Trinajstić information content (AvgIpc) is 2.66. The number of esters is 1. The number of Topliss-reactive ketones (excluding diaryl/α,β-unsaturated/α-hetero) is 1. The molecule has 1 aliphatic carbocycles. The van der Waals surface area contributed by atoms with Crippen LogP contribution in [0.25, 0.3) is 0 Å². The topological polar surface area (TPSA) is 90.9 Å². The lowest BCUT2D eigenvalue weighted by atomic mass is 9.95. The van der Waals surface area contributed by atoms with Crippen LogP contribution >= 0.6 is 0 Å². The van der Waals surface area contributed by atoms with Crippen LogP contribution in [-0.2, 0) is 14.3 Å². The van der Waals surface area contributed by atoms with E-state index in [0.717, 1.165) is 25.7 Å². The number of nitrogens with one attached hydrogen (secondary N) is 1. The van der Waals surface area contributed by atoms with Gasteiger partial charge in [0.15, 0.2) is 30.0 Å². The minimum atomic E-state index is -0.884. The molecule has 0 aromatic heterocycles. The maximum atomic E-state index is 12.1. The number of methoxy groups -OCH3 is 1. The summed E-state index contributed by atoms with van der Waals surface area (Å²) in [5.41, 5.74) is 0.481. The summed E-state index contributed by atoms with van der Waals surface area (Å²) in [4.78, 5) is 35.5. The van der Waals surface area contributed by atoms with Crippen LogP contribution in [0.1, 0.15) is 56.3 Å². The van der Waals surface area contributed by atoms with E-state index < -0.39 is 12.1 Å². The molecule has 0 heterocycles. The van der Waals surface area contributed by atoms with Crippen LogP contribution in [0.15, 0.2) is 18.2 Å². The number of ether oxygens (including phenoxy) is 3. The molecule has 1 aromatic rings. The second kappa shape index (κ2) is 9.94. The third-order valence-electron chi connectivity index (χ3n) is 4.54. The first-order chi connectivity index (χ1) is 12.9. The Morgan fingerprint density at radius 1 is 1.15 bits per heavy atom. The molecule has 7 heteroatoms. The van der Waals surface area contributed by atoms with Crippen molar-refractivity contribution < 1.29 is 28.6 Å². The zero-order chi connectivity index (χ0) is 19.8. The summed E-state index contributed by atoms with van der Waals surface area (Å²) in [6.07, 6.45) is 4.46. The summed E-state index contributed by atoms with van der Waals surface area (Å²) in [6.45, 7) is 2.63. The number of amides is 1. The second-order valence-corrected chi connectivity index (χ2v) is 6.69. The lowest BCUT2D eigenvalue weighted by molar-refractivity contribution is -0.157. The van der Waals surface area contributed by atoms with Crippen molar-refractivity contribution in [3.8, 4) is 11.5 Å². The van der Waals surface area contributed by atoms with E-state index >= 15 is 0 Å². The van der Waals surface area contributed by atoms with E-state index in [1.165, 1.54) is 27.4 Å². The van der Waals surface area contributed by atoms with Gasteiger partial charge in [0.05, 0.1) is 7.11 Å². The fourth-order valence-corrected chi connectivity index (χ4v) is 2.99. The Kier molecular flexibility index (Phi) is 7.64. The van der Waals surface area contributed by atoms with Gasteiger partial charge in [0.25, 0.3) is 5.91 Å². The molecule has 2 rings (SSSR count). The van der Waals surface area contributed by atoms with Crippen molar-refractivity contribution in [2.75, 3.05) is 13.7 Å². The van der Waals surface area contributed by atoms with Gasteiger partial charge in [-0.3, -0.25) is 9.59 Å². The fourth-order valence-electron chi connectivity index (χ4n) is 2.99. The predicted molar refractivity (Wildman–Crippen MR) is 99.1 cm³/mol. The zero-order valence-corrected chi connectivity index (χ0v) is 16.1. The van der Waals surface area contributed by atoms with E-state index in [1.807, 2.05) is 0 Å². The molecule has 0 bridgehead atoms. The smallest absolute Gasteiger partial charge is 0.344 e. The van der Waals surface area contributed by atoms with Gasteiger partial charge in [0, 0.05) is 11.6 Å². The molecule has 27 heavy (non-hydrogen) atoms. The van der Waals surface area contributed by atoms with Crippen LogP contribution in [0.3, 0.4) is 0 Å². The Morgan fingerprint density at radius 3 is 2.48 bits per heavy atom. The Morgan fingerprint density at radius 2 is 1.85 bits per heavy atom. The van der Waals surface area contributed by atoms with Gasteiger partial charge in [0.2, 0.25) is 0 Å². The quantitative estimate of drug-likeness (QED) is 0.553. The number of carbonyl (C=O) groups excluding carboxylic acids is 3. The van der Waals surface area contributed by atoms with E-state index in [4.69, 9.17) is 14.2 Å². The standard InChI is InChI=1S/C20H27NO6/c1-13(22)15-9-10-17(18(11-15)25-3)26-12-19(23)27-14(2)20(24)21-16-7-5-4-6-8-16/h9-11,14,16H,4-8,12H2,1-3H3,(H,21,24)/t14-/m1/s1. The van der Waals surface area contributed by atoms with Crippen molar-refractivity contribution in [1.29, 1.82) is 0 Å². The predicted octanol–water partition coefficient (Wildman–Crippen LogP) is 2.66.